The van der Waals surface area contributed by atoms with Gasteiger partial charge in [-0.2, -0.15) is 0 Å². The topological polar surface area (TPSA) is 70.6 Å². The summed E-state index contributed by atoms with van der Waals surface area (Å²) in [4.78, 5) is 11.8. The van der Waals surface area contributed by atoms with Gasteiger partial charge in [0.15, 0.2) is 0 Å². The van der Waals surface area contributed by atoms with Crippen LogP contribution in [0.4, 0.5) is 16.2 Å². The molecule has 0 spiro atoms. The van der Waals surface area contributed by atoms with Crippen LogP contribution in [0.3, 0.4) is 0 Å². The lowest BCUT2D eigenvalue weighted by Gasteiger charge is -2.09. The van der Waals surface area contributed by atoms with Crippen LogP contribution in [-0.2, 0) is 0 Å². The molecule has 0 saturated heterocycles. The Balaban J connectivity index is 2.01. The molecule has 0 aromatic heterocycles. The van der Waals surface area contributed by atoms with Crippen LogP contribution in [0.15, 0.2) is 42.5 Å². The highest BCUT2D eigenvalue weighted by atomic mass is 35.5. The lowest BCUT2D eigenvalue weighted by molar-refractivity contribution is 0.262. The first-order valence-corrected chi connectivity index (χ1v) is 6.17. The highest BCUT2D eigenvalue weighted by Crippen LogP contribution is 2.26. The molecule has 0 aliphatic heterocycles. The van der Waals surface area contributed by atoms with E-state index < -0.39 is 6.03 Å². The zero-order chi connectivity index (χ0) is 14.5. The second kappa shape index (κ2) is 6.16. The van der Waals surface area contributed by atoms with E-state index in [-0.39, 0.29) is 10.8 Å². The number of anilines is 2. The van der Waals surface area contributed by atoms with E-state index in [1.807, 2.05) is 0 Å². The number of ether oxygens (including phenoxy) is 1. The van der Waals surface area contributed by atoms with Crippen LogP contribution in [0.5, 0.6) is 11.5 Å². The van der Waals surface area contributed by atoms with Gasteiger partial charge in [0.1, 0.15) is 11.5 Å². The van der Waals surface area contributed by atoms with Gasteiger partial charge in [-0.15, -0.1) is 0 Å². The Kier molecular flexibility index (Phi) is 4.32. The Hall–Kier alpha value is -2.40. The Morgan fingerprint density at radius 3 is 2.45 bits per heavy atom. The quantitative estimate of drug-likeness (QED) is 0.755. The molecule has 0 saturated carbocycles. The first-order valence-electron chi connectivity index (χ1n) is 5.79. The molecule has 5 nitrogen and oxygen atoms in total. The van der Waals surface area contributed by atoms with Gasteiger partial charge in [-0.25, -0.2) is 4.79 Å². The predicted molar refractivity (Wildman–Crippen MR) is 78.8 cm³/mol. The van der Waals surface area contributed by atoms with Crippen molar-refractivity contribution >= 4 is 29.0 Å². The maximum Gasteiger partial charge on any atom is 0.323 e. The molecule has 0 unspecified atom stereocenters. The molecule has 2 rings (SSSR count). The van der Waals surface area contributed by atoms with Gasteiger partial charge in [0.25, 0.3) is 0 Å². The molecule has 0 atom stereocenters. The number of amides is 2. The van der Waals surface area contributed by atoms with Gasteiger partial charge in [0.2, 0.25) is 0 Å². The summed E-state index contributed by atoms with van der Waals surface area (Å²) in [7, 11) is 1.57. The molecular weight excluding hydrogens is 280 g/mol. The molecule has 6 heteroatoms. The van der Waals surface area contributed by atoms with Crippen LogP contribution >= 0.6 is 11.6 Å². The fraction of sp³-hybridized carbons (Fsp3) is 0.0714. The number of halogens is 1. The third kappa shape index (κ3) is 3.55. The monoisotopic (exact) mass is 292 g/mol. The van der Waals surface area contributed by atoms with E-state index >= 15 is 0 Å². The van der Waals surface area contributed by atoms with Crippen molar-refractivity contribution in [3.63, 3.8) is 0 Å². The molecular formula is C14H13ClN2O3. The van der Waals surface area contributed by atoms with E-state index in [2.05, 4.69) is 10.6 Å². The van der Waals surface area contributed by atoms with Gasteiger partial charge >= 0.3 is 6.03 Å². The summed E-state index contributed by atoms with van der Waals surface area (Å²) >= 11 is 5.90. The SMILES string of the molecule is COc1ccc(NC(=O)Nc2ccc(O)cc2Cl)cc1. The first kappa shape index (κ1) is 14.0. The number of phenolic OH excluding ortho intramolecular Hbond substituents is 1. The second-order valence-corrected chi connectivity index (χ2v) is 4.38. The fourth-order valence-corrected chi connectivity index (χ4v) is 1.79. The van der Waals surface area contributed by atoms with Gasteiger partial charge < -0.3 is 20.5 Å². The number of carbonyl (C=O) groups excluding carboxylic acids is 1. The van der Waals surface area contributed by atoms with Gasteiger partial charge in [-0.1, -0.05) is 11.6 Å². The summed E-state index contributed by atoms with van der Waals surface area (Å²) in [6.45, 7) is 0. The van der Waals surface area contributed by atoms with Crippen LogP contribution in [0.2, 0.25) is 5.02 Å². The number of aromatic hydroxyl groups is 1. The average molecular weight is 293 g/mol. The number of rotatable bonds is 3. The summed E-state index contributed by atoms with van der Waals surface area (Å²) in [5.41, 5.74) is 1.04. The summed E-state index contributed by atoms with van der Waals surface area (Å²) in [6.07, 6.45) is 0. The van der Waals surface area contributed by atoms with Crippen molar-refractivity contribution in [2.75, 3.05) is 17.7 Å². The Labute approximate surface area is 121 Å². The molecule has 0 bridgehead atoms. The number of methoxy groups -OCH3 is 1. The minimum absolute atomic E-state index is 0.0381. The van der Waals surface area contributed by atoms with E-state index in [0.717, 1.165) is 0 Å². The van der Waals surface area contributed by atoms with Crippen molar-refractivity contribution in [2.24, 2.45) is 0 Å². The van der Waals surface area contributed by atoms with Crippen molar-refractivity contribution in [1.82, 2.24) is 0 Å². The third-order valence-electron chi connectivity index (χ3n) is 2.55. The lowest BCUT2D eigenvalue weighted by atomic mass is 10.3. The Bertz CT molecular complexity index is 614. The molecule has 0 heterocycles. The van der Waals surface area contributed by atoms with Crippen molar-refractivity contribution in [1.29, 1.82) is 0 Å². The Morgan fingerprint density at radius 1 is 1.15 bits per heavy atom. The minimum Gasteiger partial charge on any atom is -0.508 e. The normalized spacial score (nSPS) is 9.90. The first-order chi connectivity index (χ1) is 9.58. The maximum absolute atomic E-state index is 11.8. The second-order valence-electron chi connectivity index (χ2n) is 3.97. The van der Waals surface area contributed by atoms with Crippen molar-refractivity contribution in [3.8, 4) is 11.5 Å². The van der Waals surface area contributed by atoms with Crippen LogP contribution in [0.25, 0.3) is 0 Å². The van der Waals surface area contributed by atoms with Gasteiger partial charge in [-0.05, 0) is 36.4 Å². The molecule has 104 valence electrons. The molecule has 2 aromatic carbocycles. The number of phenols is 1. The lowest BCUT2D eigenvalue weighted by Crippen LogP contribution is -2.19. The molecule has 0 aliphatic rings. The average Bonchev–Trinajstić information content (AvgIpc) is 2.43. The van der Waals surface area contributed by atoms with Crippen LogP contribution < -0.4 is 15.4 Å². The van der Waals surface area contributed by atoms with Gasteiger partial charge in [0, 0.05) is 11.8 Å². The van der Waals surface area contributed by atoms with Crippen LogP contribution in [0, 0.1) is 0 Å². The Morgan fingerprint density at radius 2 is 1.85 bits per heavy atom. The number of nitrogens with one attached hydrogen (secondary N) is 2. The number of urea groups is 1. The molecule has 2 aromatic rings. The summed E-state index contributed by atoms with van der Waals surface area (Å²) in [5.74, 6) is 0.744. The largest absolute Gasteiger partial charge is 0.508 e. The molecule has 0 aliphatic carbocycles. The zero-order valence-electron chi connectivity index (χ0n) is 10.7. The van der Waals surface area contributed by atoms with E-state index in [9.17, 15) is 9.90 Å². The van der Waals surface area contributed by atoms with Crippen molar-refractivity contribution in [3.05, 3.63) is 47.5 Å². The number of hydrogen-bond acceptors (Lipinski definition) is 3. The minimum atomic E-state index is -0.428. The van der Waals surface area contributed by atoms with E-state index in [0.29, 0.717) is 17.1 Å². The smallest absolute Gasteiger partial charge is 0.323 e. The van der Waals surface area contributed by atoms with Gasteiger partial charge in [-0.3, -0.25) is 0 Å². The molecule has 3 N–H and O–H groups in total. The molecule has 20 heavy (non-hydrogen) atoms. The number of carbonyl (C=O) groups is 1. The highest BCUT2D eigenvalue weighted by Gasteiger charge is 2.06. The van der Waals surface area contributed by atoms with Crippen molar-refractivity contribution < 1.29 is 14.6 Å². The molecule has 0 radical (unpaired) electrons. The van der Waals surface area contributed by atoms with Crippen LogP contribution in [0.1, 0.15) is 0 Å². The summed E-state index contributed by atoms with van der Waals surface area (Å²) in [5, 5.41) is 14.7. The van der Waals surface area contributed by atoms with E-state index in [1.165, 1.54) is 18.2 Å². The van der Waals surface area contributed by atoms with Crippen LogP contribution in [-0.4, -0.2) is 18.2 Å². The third-order valence-corrected chi connectivity index (χ3v) is 2.86. The zero-order valence-corrected chi connectivity index (χ0v) is 11.4. The highest BCUT2D eigenvalue weighted by molar-refractivity contribution is 6.34. The maximum atomic E-state index is 11.8. The van der Waals surface area contributed by atoms with E-state index in [1.54, 1.807) is 31.4 Å². The van der Waals surface area contributed by atoms with Gasteiger partial charge in [0.05, 0.1) is 17.8 Å². The van der Waals surface area contributed by atoms with Crippen molar-refractivity contribution in [2.45, 2.75) is 0 Å². The van der Waals surface area contributed by atoms with E-state index in [4.69, 9.17) is 16.3 Å². The number of hydrogen-bond donors (Lipinski definition) is 3. The predicted octanol–water partition coefficient (Wildman–Crippen LogP) is 3.70. The standard InChI is InChI=1S/C14H13ClN2O3/c1-20-11-5-2-9(3-6-11)16-14(19)17-13-7-4-10(18)8-12(13)15/h2-8,18H,1H3,(H2,16,17,19). The summed E-state index contributed by atoms with van der Waals surface area (Å²) < 4.78 is 5.03. The summed E-state index contributed by atoms with van der Waals surface area (Å²) in [6, 6.07) is 10.8. The fourth-order valence-electron chi connectivity index (χ4n) is 1.56. The molecule has 2 amide bonds. The molecule has 0 fully saturated rings. The number of benzene rings is 2.